The first-order valence-electron chi connectivity index (χ1n) is 14.7. The highest BCUT2D eigenvalue weighted by molar-refractivity contribution is 6.46. The fourth-order valence-corrected chi connectivity index (χ4v) is 5.51. The maximum absolute atomic E-state index is 13.5. The molecule has 5 rings (SSSR count). The molecule has 2 aliphatic heterocycles. The minimum atomic E-state index is -0.808. The molecule has 2 fully saturated rings. The molecule has 3 aromatic carbocycles. The number of hydrogen-bond donors (Lipinski definition) is 1. The van der Waals surface area contributed by atoms with E-state index in [4.69, 9.17) is 18.9 Å². The molecule has 0 spiro atoms. The Balaban J connectivity index is 1.48. The monoisotopic (exact) mass is 586 g/mol. The van der Waals surface area contributed by atoms with Gasteiger partial charge in [-0.15, -0.1) is 0 Å². The van der Waals surface area contributed by atoms with Crippen molar-refractivity contribution in [2.75, 3.05) is 53.1 Å². The first-order chi connectivity index (χ1) is 21.0. The van der Waals surface area contributed by atoms with E-state index in [1.165, 1.54) is 0 Å². The van der Waals surface area contributed by atoms with E-state index in [1.807, 2.05) is 43.3 Å². The lowest BCUT2D eigenvalue weighted by Crippen LogP contribution is -2.39. The van der Waals surface area contributed by atoms with E-state index in [0.717, 1.165) is 25.2 Å². The zero-order valence-corrected chi connectivity index (χ0v) is 24.7. The Morgan fingerprint density at radius 1 is 0.930 bits per heavy atom. The number of carbonyl (C=O) groups excluding carboxylic acids is 2. The number of methoxy groups -OCH3 is 1. The van der Waals surface area contributed by atoms with Crippen LogP contribution < -0.4 is 14.2 Å². The lowest BCUT2D eigenvalue weighted by Gasteiger charge is -2.29. The number of likely N-dealkylation sites (tertiary alicyclic amines) is 1. The highest BCUT2D eigenvalue weighted by Crippen LogP contribution is 2.42. The van der Waals surface area contributed by atoms with Crippen molar-refractivity contribution in [3.63, 3.8) is 0 Å². The van der Waals surface area contributed by atoms with Gasteiger partial charge in [-0.25, -0.2) is 0 Å². The third-order valence-electron chi connectivity index (χ3n) is 7.68. The summed E-state index contributed by atoms with van der Waals surface area (Å²) in [7, 11) is 1.55. The van der Waals surface area contributed by atoms with Crippen LogP contribution in [0.25, 0.3) is 5.76 Å². The zero-order chi connectivity index (χ0) is 30.2. The van der Waals surface area contributed by atoms with Gasteiger partial charge in [-0.2, -0.15) is 0 Å². The summed E-state index contributed by atoms with van der Waals surface area (Å²) in [6.45, 7) is 6.83. The van der Waals surface area contributed by atoms with Gasteiger partial charge in [-0.1, -0.05) is 48.5 Å². The van der Waals surface area contributed by atoms with Crippen LogP contribution in [-0.4, -0.2) is 79.7 Å². The van der Waals surface area contributed by atoms with Crippen LogP contribution in [0, 0.1) is 0 Å². The van der Waals surface area contributed by atoms with Crippen molar-refractivity contribution in [2.45, 2.75) is 26.0 Å². The van der Waals surface area contributed by atoms with E-state index in [1.54, 1.807) is 48.4 Å². The van der Waals surface area contributed by atoms with Crippen LogP contribution in [0.1, 0.15) is 36.1 Å². The maximum Gasteiger partial charge on any atom is 0.295 e. The van der Waals surface area contributed by atoms with Gasteiger partial charge >= 0.3 is 0 Å². The number of aliphatic hydroxyl groups excluding tert-OH is 1. The summed E-state index contributed by atoms with van der Waals surface area (Å²) in [6, 6.07) is 21.3. The van der Waals surface area contributed by atoms with Crippen molar-refractivity contribution in [2.24, 2.45) is 0 Å². The molecule has 2 heterocycles. The third kappa shape index (κ3) is 7.01. The maximum atomic E-state index is 13.5. The van der Waals surface area contributed by atoms with Gasteiger partial charge in [0, 0.05) is 31.7 Å². The lowest BCUT2D eigenvalue weighted by molar-refractivity contribution is -0.140. The number of Topliss-reactive ketones (excluding diaryl/α,β-unsaturated/α-hetero) is 1. The highest BCUT2D eigenvalue weighted by atomic mass is 16.5. The number of morpholine rings is 1. The van der Waals surface area contributed by atoms with Crippen LogP contribution in [0.2, 0.25) is 0 Å². The van der Waals surface area contributed by atoms with Crippen molar-refractivity contribution < 1.29 is 33.6 Å². The van der Waals surface area contributed by atoms with E-state index < -0.39 is 17.7 Å². The molecule has 1 N–H and O–H groups in total. The first-order valence-corrected chi connectivity index (χ1v) is 14.7. The summed E-state index contributed by atoms with van der Waals surface area (Å²) in [6.07, 6.45) is 0.665. The largest absolute Gasteiger partial charge is 0.507 e. The molecule has 2 saturated heterocycles. The van der Waals surface area contributed by atoms with Crippen molar-refractivity contribution in [1.82, 2.24) is 9.80 Å². The topological polar surface area (TPSA) is 97.8 Å². The van der Waals surface area contributed by atoms with Crippen molar-refractivity contribution in [1.29, 1.82) is 0 Å². The van der Waals surface area contributed by atoms with E-state index in [0.29, 0.717) is 67.8 Å². The molecule has 1 unspecified atom stereocenters. The SMILES string of the molecule is CCOc1cccc(/C(O)=C2\C(=O)C(=O)N(CCCN3CCOCC3)C2c2ccc(OCc3ccccc3)c(OC)c2)c1. The van der Waals surface area contributed by atoms with Gasteiger partial charge in [0.2, 0.25) is 0 Å². The number of aliphatic hydroxyl groups is 1. The number of ether oxygens (including phenoxy) is 4. The minimum Gasteiger partial charge on any atom is -0.507 e. The normalized spacial score (nSPS) is 18.6. The molecular weight excluding hydrogens is 548 g/mol. The Morgan fingerprint density at radius 3 is 2.47 bits per heavy atom. The average Bonchev–Trinajstić information content (AvgIpc) is 3.29. The second-order valence-electron chi connectivity index (χ2n) is 10.4. The van der Waals surface area contributed by atoms with E-state index >= 15 is 0 Å². The van der Waals surface area contributed by atoms with Crippen molar-refractivity contribution in [3.8, 4) is 17.2 Å². The van der Waals surface area contributed by atoms with Crippen LogP contribution in [0.4, 0.5) is 0 Å². The van der Waals surface area contributed by atoms with E-state index in [9.17, 15) is 14.7 Å². The third-order valence-corrected chi connectivity index (χ3v) is 7.68. The molecular formula is C34H38N2O7. The predicted octanol–water partition coefficient (Wildman–Crippen LogP) is 4.82. The Kier molecular flexibility index (Phi) is 9.96. The van der Waals surface area contributed by atoms with Gasteiger partial charge in [0.15, 0.2) is 11.5 Å². The Morgan fingerprint density at radius 2 is 1.72 bits per heavy atom. The molecule has 0 radical (unpaired) electrons. The second kappa shape index (κ2) is 14.2. The fourth-order valence-electron chi connectivity index (χ4n) is 5.51. The Bertz CT molecular complexity index is 1450. The summed E-state index contributed by atoms with van der Waals surface area (Å²) in [4.78, 5) is 30.9. The van der Waals surface area contributed by atoms with Crippen LogP contribution in [0.3, 0.4) is 0 Å². The van der Waals surface area contributed by atoms with Gasteiger partial charge in [0.1, 0.15) is 18.1 Å². The Hall–Kier alpha value is -4.34. The van der Waals surface area contributed by atoms with Crippen LogP contribution >= 0.6 is 0 Å². The number of hydrogen-bond acceptors (Lipinski definition) is 8. The quantitative estimate of drug-likeness (QED) is 0.183. The number of nitrogens with zero attached hydrogens (tertiary/aromatic N) is 2. The molecule has 1 atom stereocenters. The smallest absolute Gasteiger partial charge is 0.295 e. The molecule has 0 saturated carbocycles. The molecule has 226 valence electrons. The summed E-state index contributed by atoms with van der Waals surface area (Å²) in [5, 5.41) is 11.5. The second-order valence-corrected chi connectivity index (χ2v) is 10.4. The summed E-state index contributed by atoms with van der Waals surface area (Å²) >= 11 is 0. The molecule has 3 aromatic rings. The number of amides is 1. The first kappa shape index (κ1) is 30.1. The zero-order valence-electron chi connectivity index (χ0n) is 24.7. The average molecular weight is 587 g/mol. The number of ketones is 1. The van der Waals surface area contributed by atoms with Crippen molar-refractivity contribution >= 4 is 17.4 Å². The molecule has 2 aliphatic rings. The molecule has 9 heteroatoms. The fraction of sp³-hybridized carbons (Fsp3) is 0.353. The van der Waals surface area contributed by atoms with Crippen LogP contribution in [-0.2, 0) is 20.9 Å². The number of benzene rings is 3. The van der Waals surface area contributed by atoms with Gasteiger partial charge in [-0.05, 0) is 48.7 Å². The number of carbonyl (C=O) groups is 2. The molecule has 43 heavy (non-hydrogen) atoms. The molecule has 0 aromatic heterocycles. The standard InChI is InChI=1S/C34H38N2O7/c1-3-42-27-12-7-11-26(21-27)32(37)30-31(36(34(39)33(30)38)16-8-15-35-17-19-41-20-18-35)25-13-14-28(29(22-25)40-2)43-23-24-9-5-4-6-10-24/h4-7,9-14,21-22,31,37H,3,8,15-20,23H2,1-2H3/b32-30+. The van der Waals surface area contributed by atoms with E-state index in [-0.39, 0.29) is 11.3 Å². The van der Waals surface area contributed by atoms with Crippen molar-refractivity contribution in [3.05, 3.63) is 95.1 Å². The number of rotatable bonds is 12. The Labute approximate surface area is 252 Å². The van der Waals surface area contributed by atoms with Gasteiger partial charge in [-0.3, -0.25) is 14.5 Å². The van der Waals surface area contributed by atoms with Gasteiger partial charge < -0.3 is 29.0 Å². The molecule has 0 bridgehead atoms. The van der Waals surface area contributed by atoms with Crippen LogP contribution in [0.5, 0.6) is 17.2 Å². The summed E-state index contributed by atoms with van der Waals surface area (Å²) in [5.41, 5.74) is 2.08. The molecule has 9 nitrogen and oxygen atoms in total. The molecule has 0 aliphatic carbocycles. The lowest BCUT2D eigenvalue weighted by atomic mass is 9.95. The van der Waals surface area contributed by atoms with E-state index in [2.05, 4.69) is 4.90 Å². The van der Waals surface area contributed by atoms with Gasteiger partial charge in [0.25, 0.3) is 11.7 Å². The van der Waals surface area contributed by atoms with Crippen LogP contribution in [0.15, 0.2) is 78.4 Å². The molecule has 1 amide bonds. The highest BCUT2D eigenvalue weighted by Gasteiger charge is 2.46. The summed E-state index contributed by atoms with van der Waals surface area (Å²) in [5.74, 6) is -0.0558. The summed E-state index contributed by atoms with van der Waals surface area (Å²) < 4.78 is 22.8. The van der Waals surface area contributed by atoms with Gasteiger partial charge in [0.05, 0.1) is 38.5 Å². The predicted molar refractivity (Wildman–Crippen MR) is 162 cm³/mol. The minimum absolute atomic E-state index is 0.0324.